The van der Waals surface area contributed by atoms with E-state index in [4.69, 9.17) is 0 Å². The van der Waals surface area contributed by atoms with Gasteiger partial charge in [0.15, 0.2) is 0 Å². The number of carbonyl (C=O) groups is 2. The summed E-state index contributed by atoms with van der Waals surface area (Å²) in [6, 6.07) is 10.0. The molecule has 1 aliphatic heterocycles. The van der Waals surface area contributed by atoms with Crippen LogP contribution in [0, 0.1) is 11.8 Å². The Morgan fingerprint density at radius 1 is 1.23 bits per heavy atom. The fourth-order valence-corrected chi connectivity index (χ4v) is 4.34. The Kier molecular flexibility index (Phi) is 4.70. The van der Waals surface area contributed by atoms with Gasteiger partial charge in [-0.3, -0.25) is 9.59 Å². The summed E-state index contributed by atoms with van der Waals surface area (Å²) < 4.78 is 0. The molecule has 1 saturated heterocycles. The van der Waals surface area contributed by atoms with Crippen LogP contribution in [0.5, 0.6) is 0 Å². The third kappa shape index (κ3) is 3.35. The first-order valence-corrected chi connectivity index (χ1v) is 9.82. The standard InChI is InChI=1S/C21H27N3O2/c1-2-5-20(25)22-13-19-16(14-8-9-14)10-11-24(19)21(26)18-12-15-6-3-4-7-17(15)23-18/h3-4,6-7,12,14,16,19,23H,2,5,8-11,13H2,1H3,(H,22,25). The summed E-state index contributed by atoms with van der Waals surface area (Å²) in [5.74, 6) is 1.39. The van der Waals surface area contributed by atoms with Gasteiger partial charge in [-0.15, -0.1) is 0 Å². The van der Waals surface area contributed by atoms with Crippen molar-refractivity contribution in [1.82, 2.24) is 15.2 Å². The summed E-state index contributed by atoms with van der Waals surface area (Å²) in [6.45, 7) is 3.36. The number of H-pyrrole nitrogens is 1. The highest BCUT2D eigenvalue weighted by atomic mass is 16.2. The fraction of sp³-hybridized carbons (Fsp3) is 0.524. The van der Waals surface area contributed by atoms with Crippen molar-refractivity contribution in [2.45, 2.75) is 45.1 Å². The number of hydrogen-bond donors (Lipinski definition) is 2. The number of likely N-dealkylation sites (tertiary alicyclic amines) is 1. The first-order chi connectivity index (χ1) is 12.7. The molecule has 2 aromatic rings. The van der Waals surface area contributed by atoms with E-state index in [1.165, 1.54) is 12.8 Å². The van der Waals surface area contributed by atoms with Crippen LogP contribution >= 0.6 is 0 Å². The average molecular weight is 353 g/mol. The van der Waals surface area contributed by atoms with Gasteiger partial charge in [0.2, 0.25) is 5.91 Å². The largest absolute Gasteiger partial charge is 0.354 e. The van der Waals surface area contributed by atoms with Crippen molar-refractivity contribution in [2.24, 2.45) is 11.8 Å². The van der Waals surface area contributed by atoms with Gasteiger partial charge in [-0.25, -0.2) is 0 Å². The summed E-state index contributed by atoms with van der Waals surface area (Å²) in [7, 11) is 0. The molecule has 1 aromatic heterocycles. The van der Waals surface area contributed by atoms with E-state index in [1.54, 1.807) is 0 Å². The van der Waals surface area contributed by atoms with E-state index in [0.29, 0.717) is 24.6 Å². The molecule has 0 bridgehead atoms. The minimum Gasteiger partial charge on any atom is -0.354 e. The van der Waals surface area contributed by atoms with Gasteiger partial charge >= 0.3 is 0 Å². The highest BCUT2D eigenvalue weighted by Crippen LogP contribution is 2.44. The fourth-order valence-electron chi connectivity index (χ4n) is 4.34. The number of aromatic nitrogens is 1. The topological polar surface area (TPSA) is 65.2 Å². The Labute approximate surface area is 154 Å². The number of fused-ring (bicyclic) bond motifs is 1. The van der Waals surface area contributed by atoms with Crippen molar-refractivity contribution < 1.29 is 9.59 Å². The number of amides is 2. The van der Waals surface area contributed by atoms with Gasteiger partial charge < -0.3 is 15.2 Å². The molecule has 2 atom stereocenters. The molecule has 2 fully saturated rings. The molecule has 138 valence electrons. The Balaban J connectivity index is 1.52. The third-order valence-corrected chi connectivity index (χ3v) is 5.83. The summed E-state index contributed by atoms with van der Waals surface area (Å²) in [5.41, 5.74) is 1.63. The number of para-hydroxylation sites is 1. The van der Waals surface area contributed by atoms with E-state index in [-0.39, 0.29) is 17.9 Å². The molecule has 4 rings (SSSR count). The second-order valence-corrected chi connectivity index (χ2v) is 7.68. The zero-order valence-electron chi connectivity index (χ0n) is 15.3. The maximum absolute atomic E-state index is 13.2. The van der Waals surface area contributed by atoms with Gasteiger partial charge in [-0.05, 0) is 49.7 Å². The van der Waals surface area contributed by atoms with Crippen molar-refractivity contribution in [3.05, 3.63) is 36.0 Å². The van der Waals surface area contributed by atoms with Crippen molar-refractivity contribution in [2.75, 3.05) is 13.1 Å². The minimum absolute atomic E-state index is 0.0547. The number of rotatable bonds is 6. The molecule has 26 heavy (non-hydrogen) atoms. The first-order valence-electron chi connectivity index (χ1n) is 9.82. The minimum atomic E-state index is 0.0547. The molecule has 0 spiro atoms. The van der Waals surface area contributed by atoms with Crippen LogP contribution in [-0.2, 0) is 4.79 Å². The van der Waals surface area contributed by atoms with E-state index >= 15 is 0 Å². The molecule has 0 radical (unpaired) electrons. The zero-order valence-corrected chi connectivity index (χ0v) is 15.3. The molecule has 1 aromatic carbocycles. The third-order valence-electron chi connectivity index (χ3n) is 5.83. The zero-order chi connectivity index (χ0) is 18.1. The van der Waals surface area contributed by atoms with Crippen molar-refractivity contribution in [3.63, 3.8) is 0 Å². The van der Waals surface area contributed by atoms with Crippen LogP contribution in [-0.4, -0.2) is 40.8 Å². The van der Waals surface area contributed by atoms with Gasteiger partial charge in [0.1, 0.15) is 5.69 Å². The van der Waals surface area contributed by atoms with Gasteiger partial charge in [-0.1, -0.05) is 25.1 Å². The number of aromatic amines is 1. The van der Waals surface area contributed by atoms with Gasteiger partial charge in [0.25, 0.3) is 5.91 Å². The first kappa shape index (κ1) is 17.1. The normalized spacial score (nSPS) is 22.7. The lowest BCUT2D eigenvalue weighted by atomic mass is 9.94. The van der Waals surface area contributed by atoms with E-state index in [1.807, 2.05) is 42.2 Å². The molecule has 1 saturated carbocycles. The molecule has 2 heterocycles. The number of carbonyl (C=O) groups excluding carboxylic acids is 2. The van der Waals surface area contributed by atoms with Crippen molar-refractivity contribution in [3.8, 4) is 0 Å². The van der Waals surface area contributed by atoms with Crippen LogP contribution in [0.2, 0.25) is 0 Å². The smallest absolute Gasteiger partial charge is 0.270 e. The second kappa shape index (κ2) is 7.14. The molecular weight excluding hydrogens is 326 g/mol. The summed E-state index contributed by atoms with van der Waals surface area (Å²) in [6.07, 6.45) is 4.97. The summed E-state index contributed by atoms with van der Waals surface area (Å²) in [4.78, 5) is 30.3. The quantitative estimate of drug-likeness (QED) is 0.837. The maximum Gasteiger partial charge on any atom is 0.270 e. The monoisotopic (exact) mass is 353 g/mol. The Hall–Kier alpha value is -2.30. The SMILES string of the molecule is CCCC(=O)NCC1C(C2CC2)CCN1C(=O)c1cc2ccccc2[nH]1. The van der Waals surface area contributed by atoms with Gasteiger partial charge in [-0.2, -0.15) is 0 Å². The van der Waals surface area contributed by atoms with Gasteiger partial charge in [0.05, 0.1) is 6.04 Å². The van der Waals surface area contributed by atoms with E-state index in [9.17, 15) is 9.59 Å². The Morgan fingerprint density at radius 3 is 2.77 bits per heavy atom. The average Bonchev–Trinajstić information content (AvgIpc) is 3.25. The van der Waals surface area contributed by atoms with E-state index < -0.39 is 0 Å². The molecule has 5 nitrogen and oxygen atoms in total. The van der Waals surface area contributed by atoms with Crippen LogP contribution in [0.25, 0.3) is 10.9 Å². The molecule has 5 heteroatoms. The highest BCUT2D eigenvalue weighted by Gasteiger charge is 2.45. The number of nitrogens with one attached hydrogen (secondary N) is 2. The van der Waals surface area contributed by atoms with E-state index in [0.717, 1.165) is 36.2 Å². The molecule has 2 amide bonds. The predicted octanol–water partition coefficient (Wildman–Crippen LogP) is 3.32. The molecular formula is C21H27N3O2. The molecule has 1 aliphatic carbocycles. The second-order valence-electron chi connectivity index (χ2n) is 7.68. The van der Waals surface area contributed by atoms with Gasteiger partial charge in [0, 0.05) is 30.4 Å². The van der Waals surface area contributed by atoms with Crippen molar-refractivity contribution in [1.29, 1.82) is 0 Å². The maximum atomic E-state index is 13.2. The molecule has 2 aliphatic rings. The van der Waals surface area contributed by atoms with Crippen LogP contribution in [0.3, 0.4) is 0 Å². The van der Waals surface area contributed by atoms with Crippen LogP contribution in [0.1, 0.15) is 49.5 Å². The van der Waals surface area contributed by atoms with Crippen LogP contribution in [0.4, 0.5) is 0 Å². The number of benzene rings is 1. The lowest BCUT2D eigenvalue weighted by molar-refractivity contribution is -0.121. The van der Waals surface area contributed by atoms with Crippen LogP contribution in [0.15, 0.2) is 30.3 Å². The lowest BCUT2D eigenvalue weighted by Crippen LogP contribution is -2.46. The highest BCUT2D eigenvalue weighted by molar-refractivity contribution is 5.98. The summed E-state index contributed by atoms with van der Waals surface area (Å²) >= 11 is 0. The summed E-state index contributed by atoms with van der Waals surface area (Å²) in [5, 5.41) is 4.12. The number of hydrogen-bond acceptors (Lipinski definition) is 2. The lowest BCUT2D eigenvalue weighted by Gasteiger charge is -2.28. The molecule has 2 N–H and O–H groups in total. The van der Waals surface area contributed by atoms with Crippen molar-refractivity contribution >= 4 is 22.7 Å². The van der Waals surface area contributed by atoms with E-state index in [2.05, 4.69) is 10.3 Å². The Morgan fingerprint density at radius 2 is 2.04 bits per heavy atom. The number of nitrogens with zero attached hydrogens (tertiary/aromatic N) is 1. The van der Waals surface area contributed by atoms with Crippen LogP contribution < -0.4 is 5.32 Å². The Bertz CT molecular complexity index is 775. The molecule has 2 unspecified atom stereocenters. The predicted molar refractivity (Wildman–Crippen MR) is 102 cm³/mol.